The van der Waals surface area contributed by atoms with E-state index in [0.29, 0.717) is 5.69 Å². The minimum Gasteiger partial charge on any atom is -0.506 e. The Hall–Kier alpha value is -1.40. The molecule has 0 unspecified atom stereocenters. The van der Waals surface area contributed by atoms with Crippen molar-refractivity contribution in [2.75, 3.05) is 5.32 Å². The molecule has 0 heterocycles. The minimum absolute atomic E-state index is 0.0342. The highest BCUT2D eigenvalue weighted by atomic mass is 35.5. The van der Waals surface area contributed by atoms with Crippen molar-refractivity contribution in [3.63, 3.8) is 0 Å². The Kier molecular flexibility index (Phi) is 2.87. The predicted molar refractivity (Wildman–Crippen MR) is 56.4 cm³/mol. The number of phenols is 1. The molecule has 0 saturated carbocycles. The quantitative estimate of drug-likeness (QED) is 0.738. The van der Waals surface area contributed by atoms with E-state index in [9.17, 15) is 5.11 Å². The van der Waals surface area contributed by atoms with Gasteiger partial charge in [0, 0.05) is 5.69 Å². The number of halogens is 1. The lowest BCUT2D eigenvalue weighted by Crippen LogP contribution is -2.28. The number of aromatic hydroxyl groups is 1. The summed E-state index contributed by atoms with van der Waals surface area (Å²) in [5.41, 5.74) is 0.0553. The van der Waals surface area contributed by atoms with Crippen molar-refractivity contribution in [3.8, 4) is 11.8 Å². The lowest BCUT2D eigenvalue weighted by atomic mass is 10.1. The second kappa shape index (κ2) is 3.77. The molecule has 0 amide bonds. The minimum atomic E-state index is -0.652. The molecule has 0 aliphatic carbocycles. The number of nitrogens with one attached hydrogen (secondary N) is 1. The molecule has 1 aromatic rings. The monoisotopic (exact) mass is 210 g/mol. The highest BCUT2D eigenvalue weighted by molar-refractivity contribution is 6.32. The van der Waals surface area contributed by atoms with Crippen LogP contribution in [0.1, 0.15) is 13.8 Å². The maximum atomic E-state index is 9.17. The molecule has 14 heavy (non-hydrogen) atoms. The topological polar surface area (TPSA) is 56.0 Å². The van der Waals surface area contributed by atoms with E-state index in [1.165, 1.54) is 6.07 Å². The summed E-state index contributed by atoms with van der Waals surface area (Å²) < 4.78 is 0. The van der Waals surface area contributed by atoms with Gasteiger partial charge in [0.1, 0.15) is 11.3 Å². The summed E-state index contributed by atoms with van der Waals surface area (Å²) in [7, 11) is 0. The van der Waals surface area contributed by atoms with Gasteiger partial charge >= 0.3 is 0 Å². The van der Waals surface area contributed by atoms with Gasteiger partial charge in [0.05, 0.1) is 11.1 Å². The maximum absolute atomic E-state index is 9.17. The van der Waals surface area contributed by atoms with Gasteiger partial charge in [-0.05, 0) is 32.0 Å². The number of phenolic OH excluding ortho intramolecular Hbond substituents is 1. The summed E-state index contributed by atoms with van der Waals surface area (Å²) in [5, 5.41) is 21.2. The Bertz CT molecular complexity index is 382. The summed E-state index contributed by atoms with van der Waals surface area (Å²) in [4.78, 5) is 0. The molecule has 0 aliphatic rings. The van der Waals surface area contributed by atoms with E-state index in [-0.39, 0.29) is 10.8 Å². The van der Waals surface area contributed by atoms with Gasteiger partial charge in [-0.3, -0.25) is 0 Å². The molecule has 74 valence electrons. The van der Waals surface area contributed by atoms with Crippen LogP contribution in [0.3, 0.4) is 0 Å². The summed E-state index contributed by atoms with van der Waals surface area (Å²) in [6.07, 6.45) is 0. The van der Waals surface area contributed by atoms with Crippen molar-refractivity contribution in [1.82, 2.24) is 0 Å². The van der Waals surface area contributed by atoms with E-state index in [4.69, 9.17) is 16.9 Å². The van der Waals surface area contributed by atoms with Crippen LogP contribution in [0.5, 0.6) is 5.75 Å². The lowest BCUT2D eigenvalue weighted by Gasteiger charge is -2.19. The van der Waals surface area contributed by atoms with Crippen LogP contribution in [0.15, 0.2) is 18.2 Å². The smallest absolute Gasteiger partial charge is 0.134 e. The van der Waals surface area contributed by atoms with Gasteiger partial charge in [0.25, 0.3) is 0 Å². The number of benzene rings is 1. The fourth-order valence-corrected chi connectivity index (χ4v) is 1.15. The molecule has 0 aromatic heterocycles. The van der Waals surface area contributed by atoms with E-state index >= 15 is 0 Å². The number of nitriles is 1. The number of anilines is 1. The highest BCUT2D eigenvalue weighted by Crippen LogP contribution is 2.27. The van der Waals surface area contributed by atoms with Crippen LogP contribution in [0, 0.1) is 11.3 Å². The normalized spacial score (nSPS) is 10.7. The molecular formula is C10H11ClN2O. The van der Waals surface area contributed by atoms with Crippen LogP contribution in [0.25, 0.3) is 0 Å². The Balaban J connectivity index is 2.90. The third-order valence-electron chi connectivity index (χ3n) is 1.68. The zero-order valence-electron chi connectivity index (χ0n) is 8.00. The van der Waals surface area contributed by atoms with Crippen LogP contribution in [0.4, 0.5) is 5.69 Å². The summed E-state index contributed by atoms with van der Waals surface area (Å²) in [5.74, 6) is 0.0342. The first-order chi connectivity index (χ1) is 6.44. The fourth-order valence-electron chi connectivity index (χ4n) is 0.973. The lowest BCUT2D eigenvalue weighted by molar-refractivity contribution is 0.475. The number of hydrogen-bond acceptors (Lipinski definition) is 3. The van der Waals surface area contributed by atoms with Crippen molar-refractivity contribution in [2.45, 2.75) is 19.4 Å². The summed E-state index contributed by atoms with van der Waals surface area (Å²) in [6.45, 7) is 3.52. The number of hydrogen-bond donors (Lipinski definition) is 2. The molecule has 1 rings (SSSR count). The Labute approximate surface area is 87.9 Å². The number of rotatable bonds is 2. The van der Waals surface area contributed by atoms with E-state index < -0.39 is 5.54 Å². The second-order valence-corrected chi connectivity index (χ2v) is 3.94. The first-order valence-corrected chi connectivity index (χ1v) is 4.50. The van der Waals surface area contributed by atoms with E-state index in [1.54, 1.807) is 26.0 Å². The molecule has 4 heteroatoms. The maximum Gasteiger partial charge on any atom is 0.134 e. The molecule has 0 atom stereocenters. The van der Waals surface area contributed by atoms with Crippen molar-refractivity contribution in [3.05, 3.63) is 23.2 Å². The van der Waals surface area contributed by atoms with Gasteiger partial charge < -0.3 is 10.4 Å². The van der Waals surface area contributed by atoms with Crippen molar-refractivity contribution < 1.29 is 5.11 Å². The van der Waals surface area contributed by atoms with Gasteiger partial charge in [0.2, 0.25) is 0 Å². The first-order valence-electron chi connectivity index (χ1n) is 4.12. The first kappa shape index (κ1) is 10.7. The van der Waals surface area contributed by atoms with Crippen LogP contribution in [-0.4, -0.2) is 10.6 Å². The van der Waals surface area contributed by atoms with Crippen LogP contribution < -0.4 is 5.32 Å². The summed E-state index contributed by atoms with van der Waals surface area (Å²) >= 11 is 5.71. The van der Waals surface area contributed by atoms with Crippen molar-refractivity contribution >= 4 is 17.3 Å². The standard InChI is InChI=1S/C10H11ClN2O/c1-10(2,6-12)13-7-3-4-9(14)8(11)5-7/h3-5,13-14H,1-2H3. The van der Waals surface area contributed by atoms with Gasteiger partial charge in [-0.25, -0.2) is 0 Å². The van der Waals surface area contributed by atoms with Crippen molar-refractivity contribution in [1.29, 1.82) is 5.26 Å². The van der Waals surface area contributed by atoms with Crippen LogP contribution >= 0.6 is 11.6 Å². The van der Waals surface area contributed by atoms with Gasteiger partial charge in [0.15, 0.2) is 0 Å². The molecule has 2 N–H and O–H groups in total. The molecule has 0 spiro atoms. The van der Waals surface area contributed by atoms with Gasteiger partial charge in [-0.15, -0.1) is 0 Å². The third-order valence-corrected chi connectivity index (χ3v) is 1.99. The number of nitrogens with zero attached hydrogens (tertiary/aromatic N) is 1. The van der Waals surface area contributed by atoms with E-state index in [0.717, 1.165) is 0 Å². The molecule has 0 aliphatic heterocycles. The van der Waals surface area contributed by atoms with E-state index in [2.05, 4.69) is 11.4 Å². The Morgan fingerprint density at radius 2 is 2.14 bits per heavy atom. The van der Waals surface area contributed by atoms with Crippen molar-refractivity contribution in [2.24, 2.45) is 0 Å². The molecule has 1 aromatic carbocycles. The SMILES string of the molecule is CC(C)(C#N)Nc1ccc(O)c(Cl)c1. The molecule has 0 bridgehead atoms. The molecule has 0 saturated heterocycles. The highest BCUT2D eigenvalue weighted by Gasteiger charge is 2.15. The van der Waals surface area contributed by atoms with Crippen LogP contribution in [0.2, 0.25) is 5.02 Å². The van der Waals surface area contributed by atoms with E-state index in [1.807, 2.05) is 0 Å². The zero-order chi connectivity index (χ0) is 10.8. The molecule has 0 radical (unpaired) electrons. The Morgan fingerprint density at radius 3 is 2.64 bits per heavy atom. The largest absolute Gasteiger partial charge is 0.506 e. The molecule has 3 nitrogen and oxygen atoms in total. The predicted octanol–water partition coefficient (Wildman–Crippen LogP) is 2.76. The molecular weight excluding hydrogens is 200 g/mol. The van der Waals surface area contributed by atoms with Crippen LogP contribution in [-0.2, 0) is 0 Å². The zero-order valence-corrected chi connectivity index (χ0v) is 8.76. The second-order valence-electron chi connectivity index (χ2n) is 3.53. The fraction of sp³-hybridized carbons (Fsp3) is 0.300. The summed E-state index contributed by atoms with van der Waals surface area (Å²) in [6, 6.07) is 6.84. The average Bonchev–Trinajstić information content (AvgIpc) is 2.11. The average molecular weight is 211 g/mol. The third kappa shape index (κ3) is 2.54. The Morgan fingerprint density at radius 1 is 1.50 bits per heavy atom. The van der Waals surface area contributed by atoms with Gasteiger partial charge in [-0.1, -0.05) is 11.6 Å². The molecule has 0 fully saturated rings. The van der Waals surface area contributed by atoms with Gasteiger partial charge in [-0.2, -0.15) is 5.26 Å².